The quantitative estimate of drug-likeness (QED) is 0.812. The van der Waals surface area contributed by atoms with Crippen LogP contribution in [-0.2, 0) is 4.74 Å². The summed E-state index contributed by atoms with van der Waals surface area (Å²) in [6, 6.07) is 0.282. The molecule has 15 heavy (non-hydrogen) atoms. The van der Waals surface area contributed by atoms with Gasteiger partial charge < -0.3 is 9.84 Å². The standard InChI is InChI=1S/C10H17N3O2/c1-2-10(14)9-6-13(12-11-9)8-4-3-5-15-7-8/h6,8,10,14H,2-5,7H2,1H3. The Bertz CT molecular complexity index is 307. The molecule has 1 aromatic rings. The minimum absolute atomic E-state index is 0.282. The van der Waals surface area contributed by atoms with Gasteiger partial charge in [-0.05, 0) is 19.3 Å². The van der Waals surface area contributed by atoms with Crippen molar-refractivity contribution in [2.75, 3.05) is 13.2 Å². The first-order chi connectivity index (χ1) is 7.31. The van der Waals surface area contributed by atoms with Crippen molar-refractivity contribution in [1.29, 1.82) is 0 Å². The highest BCUT2D eigenvalue weighted by molar-refractivity contribution is 4.97. The molecule has 2 heterocycles. The van der Waals surface area contributed by atoms with Crippen molar-refractivity contribution in [3.8, 4) is 0 Å². The van der Waals surface area contributed by atoms with Gasteiger partial charge in [0.2, 0.25) is 0 Å². The monoisotopic (exact) mass is 211 g/mol. The number of aliphatic hydroxyl groups excluding tert-OH is 1. The summed E-state index contributed by atoms with van der Waals surface area (Å²) in [7, 11) is 0. The molecule has 5 heteroatoms. The maximum Gasteiger partial charge on any atom is 0.111 e. The van der Waals surface area contributed by atoms with Crippen LogP contribution in [0.25, 0.3) is 0 Å². The molecule has 5 nitrogen and oxygen atoms in total. The fraction of sp³-hybridized carbons (Fsp3) is 0.800. The molecule has 1 aliphatic rings. The van der Waals surface area contributed by atoms with Gasteiger partial charge in [-0.1, -0.05) is 12.1 Å². The van der Waals surface area contributed by atoms with Crippen molar-refractivity contribution in [2.24, 2.45) is 0 Å². The highest BCUT2D eigenvalue weighted by atomic mass is 16.5. The predicted molar refractivity (Wildman–Crippen MR) is 54.4 cm³/mol. The lowest BCUT2D eigenvalue weighted by Crippen LogP contribution is -2.21. The first kappa shape index (κ1) is 10.6. The number of aliphatic hydroxyl groups is 1. The molecule has 84 valence electrons. The Kier molecular flexibility index (Phi) is 3.33. The Balaban J connectivity index is 2.05. The smallest absolute Gasteiger partial charge is 0.111 e. The summed E-state index contributed by atoms with van der Waals surface area (Å²) in [6.07, 6.45) is 4.14. The van der Waals surface area contributed by atoms with E-state index < -0.39 is 6.10 Å². The van der Waals surface area contributed by atoms with Gasteiger partial charge in [-0.25, -0.2) is 4.68 Å². The average molecular weight is 211 g/mol. The molecule has 0 aliphatic carbocycles. The van der Waals surface area contributed by atoms with Gasteiger partial charge >= 0.3 is 0 Å². The molecule has 2 rings (SSSR count). The highest BCUT2D eigenvalue weighted by Crippen LogP contribution is 2.20. The third-order valence-electron chi connectivity index (χ3n) is 2.77. The summed E-state index contributed by atoms with van der Waals surface area (Å²) in [5.41, 5.74) is 0.656. The second kappa shape index (κ2) is 4.72. The van der Waals surface area contributed by atoms with E-state index in [1.165, 1.54) is 0 Å². The zero-order chi connectivity index (χ0) is 10.7. The fourth-order valence-corrected chi connectivity index (χ4v) is 1.76. The van der Waals surface area contributed by atoms with E-state index in [1.807, 2.05) is 17.8 Å². The summed E-state index contributed by atoms with van der Waals surface area (Å²) in [4.78, 5) is 0. The maximum absolute atomic E-state index is 9.59. The Morgan fingerprint density at radius 2 is 2.60 bits per heavy atom. The van der Waals surface area contributed by atoms with E-state index in [1.54, 1.807) is 0 Å². The molecule has 2 unspecified atom stereocenters. The Morgan fingerprint density at radius 3 is 3.27 bits per heavy atom. The van der Waals surface area contributed by atoms with Crippen LogP contribution in [0.4, 0.5) is 0 Å². The highest BCUT2D eigenvalue weighted by Gasteiger charge is 2.18. The lowest BCUT2D eigenvalue weighted by Gasteiger charge is -2.21. The van der Waals surface area contributed by atoms with E-state index in [4.69, 9.17) is 4.74 Å². The molecule has 1 aromatic heterocycles. The van der Waals surface area contributed by atoms with Crippen molar-refractivity contribution in [2.45, 2.75) is 38.3 Å². The number of nitrogens with zero attached hydrogens (tertiary/aromatic N) is 3. The van der Waals surface area contributed by atoms with E-state index in [0.717, 1.165) is 19.4 Å². The number of ether oxygens (including phenoxy) is 1. The fourth-order valence-electron chi connectivity index (χ4n) is 1.76. The predicted octanol–water partition coefficient (Wildman–Crippen LogP) is 1.07. The summed E-state index contributed by atoms with van der Waals surface area (Å²) in [6.45, 7) is 3.47. The normalized spacial score (nSPS) is 24.0. The van der Waals surface area contributed by atoms with Gasteiger partial charge in [0, 0.05) is 6.61 Å². The zero-order valence-electron chi connectivity index (χ0n) is 8.96. The van der Waals surface area contributed by atoms with Gasteiger partial charge in [0.15, 0.2) is 0 Å². The lowest BCUT2D eigenvalue weighted by molar-refractivity contribution is 0.0542. The number of aromatic nitrogens is 3. The van der Waals surface area contributed by atoms with Crippen molar-refractivity contribution >= 4 is 0 Å². The zero-order valence-corrected chi connectivity index (χ0v) is 8.96. The van der Waals surface area contributed by atoms with E-state index in [-0.39, 0.29) is 6.04 Å². The molecule has 0 spiro atoms. The Labute approximate surface area is 89.0 Å². The van der Waals surface area contributed by atoms with E-state index in [2.05, 4.69) is 10.3 Å². The van der Waals surface area contributed by atoms with Crippen LogP contribution < -0.4 is 0 Å². The molecule has 0 saturated carbocycles. The summed E-state index contributed by atoms with van der Waals surface area (Å²) in [5, 5.41) is 17.6. The van der Waals surface area contributed by atoms with Gasteiger partial charge in [-0.15, -0.1) is 5.10 Å². The van der Waals surface area contributed by atoms with Crippen molar-refractivity contribution in [3.63, 3.8) is 0 Å². The second-order valence-electron chi connectivity index (χ2n) is 3.92. The number of rotatable bonds is 3. The van der Waals surface area contributed by atoms with Crippen LogP contribution in [0, 0.1) is 0 Å². The summed E-state index contributed by atoms with van der Waals surface area (Å²) >= 11 is 0. The van der Waals surface area contributed by atoms with Gasteiger partial charge in [0.1, 0.15) is 5.69 Å². The minimum atomic E-state index is -0.497. The van der Waals surface area contributed by atoms with E-state index in [9.17, 15) is 5.11 Å². The third-order valence-corrected chi connectivity index (χ3v) is 2.77. The molecule has 2 atom stereocenters. The molecule has 1 N–H and O–H groups in total. The van der Waals surface area contributed by atoms with Crippen LogP contribution in [0.5, 0.6) is 0 Å². The molecule has 0 aromatic carbocycles. The van der Waals surface area contributed by atoms with Crippen molar-refractivity contribution < 1.29 is 9.84 Å². The van der Waals surface area contributed by atoms with Crippen LogP contribution in [0.2, 0.25) is 0 Å². The van der Waals surface area contributed by atoms with Crippen molar-refractivity contribution in [3.05, 3.63) is 11.9 Å². The molecule has 1 fully saturated rings. The van der Waals surface area contributed by atoms with Crippen LogP contribution in [0.1, 0.15) is 44.0 Å². The first-order valence-corrected chi connectivity index (χ1v) is 5.48. The second-order valence-corrected chi connectivity index (χ2v) is 3.92. The van der Waals surface area contributed by atoms with E-state index in [0.29, 0.717) is 18.7 Å². The average Bonchev–Trinajstić information content (AvgIpc) is 2.78. The topological polar surface area (TPSA) is 60.2 Å². The Morgan fingerprint density at radius 1 is 1.73 bits per heavy atom. The maximum atomic E-state index is 9.59. The molecule has 1 saturated heterocycles. The van der Waals surface area contributed by atoms with Gasteiger partial charge in [-0.2, -0.15) is 0 Å². The largest absolute Gasteiger partial charge is 0.387 e. The van der Waals surface area contributed by atoms with Gasteiger partial charge in [0.05, 0.1) is 24.9 Å². The molecule has 1 aliphatic heterocycles. The number of hydrogen-bond donors (Lipinski definition) is 1. The van der Waals surface area contributed by atoms with Crippen LogP contribution in [0.15, 0.2) is 6.20 Å². The van der Waals surface area contributed by atoms with Crippen molar-refractivity contribution in [1.82, 2.24) is 15.0 Å². The minimum Gasteiger partial charge on any atom is -0.387 e. The summed E-state index contributed by atoms with van der Waals surface area (Å²) < 4.78 is 7.19. The van der Waals surface area contributed by atoms with Gasteiger partial charge in [0.25, 0.3) is 0 Å². The molecule has 0 bridgehead atoms. The molecule has 0 radical (unpaired) electrons. The third kappa shape index (κ3) is 2.35. The van der Waals surface area contributed by atoms with Crippen LogP contribution in [0.3, 0.4) is 0 Å². The van der Waals surface area contributed by atoms with Gasteiger partial charge in [-0.3, -0.25) is 0 Å². The SMILES string of the molecule is CCC(O)c1cn(C2CCCOC2)nn1. The molecule has 0 amide bonds. The lowest BCUT2D eigenvalue weighted by atomic mass is 10.1. The Hall–Kier alpha value is -0.940. The first-order valence-electron chi connectivity index (χ1n) is 5.48. The number of hydrogen-bond acceptors (Lipinski definition) is 4. The molecular weight excluding hydrogens is 194 g/mol. The van der Waals surface area contributed by atoms with E-state index >= 15 is 0 Å². The van der Waals surface area contributed by atoms with Crippen LogP contribution >= 0.6 is 0 Å². The molecular formula is C10H17N3O2. The van der Waals surface area contributed by atoms with Crippen LogP contribution in [-0.4, -0.2) is 33.3 Å². The summed E-state index contributed by atoms with van der Waals surface area (Å²) in [5.74, 6) is 0.